The fourth-order valence-corrected chi connectivity index (χ4v) is 6.24. The molecule has 1 aliphatic heterocycles. The number of nitrogens with one attached hydrogen (secondary N) is 1. The summed E-state index contributed by atoms with van der Waals surface area (Å²) >= 11 is 1.60. The molecule has 1 aliphatic rings. The van der Waals surface area contributed by atoms with Crippen LogP contribution in [-0.4, -0.2) is 60.1 Å². The van der Waals surface area contributed by atoms with Gasteiger partial charge in [-0.3, -0.25) is 4.79 Å². The van der Waals surface area contributed by atoms with Gasteiger partial charge in [0.1, 0.15) is 0 Å². The number of esters is 1. The van der Waals surface area contributed by atoms with Crippen LogP contribution >= 0.6 is 11.8 Å². The number of imidazole rings is 1. The Hall–Kier alpha value is -3.62. The fourth-order valence-electron chi connectivity index (χ4n) is 5.24. The van der Waals surface area contributed by atoms with Gasteiger partial charge in [-0.05, 0) is 60.9 Å². The summed E-state index contributed by atoms with van der Waals surface area (Å²) in [5.74, 6) is 0.499. The molecule has 0 spiro atoms. The largest absolute Gasteiger partial charge is 0.465 e. The summed E-state index contributed by atoms with van der Waals surface area (Å²) < 4.78 is 7.17. The molecule has 208 valence electrons. The first-order valence-electron chi connectivity index (χ1n) is 13.8. The van der Waals surface area contributed by atoms with Crippen LogP contribution in [0, 0.1) is 5.92 Å². The number of aromatic nitrogens is 2. The second-order valence-corrected chi connectivity index (χ2v) is 11.3. The Labute approximate surface area is 239 Å². The summed E-state index contributed by atoms with van der Waals surface area (Å²) in [7, 11) is 3.51. The first-order valence-corrected chi connectivity index (χ1v) is 14.8. The SMILES string of the molecule is COC(=O)c1ccccc1CSc1nc(CCNC(=O)C2CCN(C)CC2)cn1Cc1cccc2ccccc12. The molecule has 7 nitrogen and oxygen atoms in total. The van der Waals surface area contributed by atoms with Crippen molar-refractivity contribution in [2.24, 2.45) is 5.92 Å². The third kappa shape index (κ3) is 6.74. The Bertz CT molecular complexity index is 1470. The van der Waals surface area contributed by atoms with Crippen LogP contribution in [-0.2, 0) is 28.2 Å². The van der Waals surface area contributed by atoms with Gasteiger partial charge in [0.25, 0.3) is 0 Å². The minimum atomic E-state index is -0.337. The van der Waals surface area contributed by atoms with Gasteiger partial charge in [-0.25, -0.2) is 9.78 Å². The molecule has 4 aromatic rings. The first kappa shape index (κ1) is 27.9. The molecule has 8 heteroatoms. The van der Waals surface area contributed by atoms with Gasteiger partial charge in [0.05, 0.1) is 24.9 Å². The highest BCUT2D eigenvalue weighted by Crippen LogP contribution is 2.27. The number of ether oxygens (including phenoxy) is 1. The van der Waals surface area contributed by atoms with Crippen LogP contribution in [0.2, 0.25) is 0 Å². The lowest BCUT2D eigenvalue weighted by Crippen LogP contribution is -2.39. The van der Waals surface area contributed by atoms with Crippen molar-refractivity contribution >= 4 is 34.4 Å². The summed E-state index contributed by atoms with van der Waals surface area (Å²) in [6, 6.07) is 22.3. The van der Waals surface area contributed by atoms with Gasteiger partial charge >= 0.3 is 5.97 Å². The number of likely N-dealkylation sites (tertiary alicyclic amines) is 1. The molecule has 1 amide bonds. The van der Waals surface area contributed by atoms with Gasteiger partial charge in [-0.2, -0.15) is 0 Å². The molecule has 1 saturated heterocycles. The standard InChI is InChI=1S/C32H36N4O3S/c1-35-18-15-24(16-19-35)30(37)33-17-14-27-21-36(20-25-11-7-10-23-8-3-5-12-28(23)25)32(34-27)40-22-26-9-4-6-13-29(26)31(38)39-2/h3-13,21,24H,14-20,22H2,1-2H3,(H,33,37). The minimum Gasteiger partial charge on any atom is -0.465 e. The molecule has 0 bridgehead atoms. The van der Waals surface area contributed by atoms with Gasteiger partial charge in [-0.15, -0.1) is 0 Å². The van der Waals surface area contributed by atoms with E-state index in [-0.39, 0.29) is 17.8 Å². The monoisotopic (exact) mass is 556 g/mol. The van der Waals surface area contributed by atoms with Crippen LogP contribution in [0.15, 0.2) is 78.1 Å². The van der Waals surface area contributed by atoms with Crippen molar-refractivity contribution in [3.05, 3.63) is 95.3 Å². The third-order valence-corrected chi connectivity index (χ3v) is 8.60. The van der Waals surface area contributed by atoms with E-state index in [9.17, 15) is 9.59 Å². The van der Waals surface area contributed by atoms with Gasteiger partial charge in [-0.1, -0.05) is 72.4 Å². The van der Waals surface area contributed by atoms with Crippen molar-refractivity contribution in [3.8, 4) is 0 Å². The Kier molecular flexibility index (Phi) is 9.19. The van der Waals surface area contributed by atoms with Crippen molar-refractivity contribution in [1.29, 1.82) is 0 Å². The summed E-state index contributed by atoms with van der Waals surface area (Å²) in [5, 5.41) is 6.44. The van der Waals surface area contributed by atoms with E-state index < -0.39 is 0 Å². The number of thioether (sulfide) groups is 1. The lowest BCUT2D eigenvalue weighted by molar-refractivity contribution is -0.126. The highest BCUT2D eigenvalue weighted by atomic mass is 32.2. The van der Waals surface area contributed by atoms with Gasteiger partial charge in [0.2, 0.25) is 5.91 Å². The number of carbonyl (C=O) groups is 2. The van der Waals surface area contributed by atoms with E-state index in [1.165, 1.54) is 23.4 Å². The molecular formula is C32H36N4O3S. The normalized spacial score (nSPS) is 14.3. The van der Waals surface area contributed by atoms with Crippen molar-refractivity contribution < 1.29 is 14.3 Å². The molecule has 3 aromatic carbocycles. The number of piperidine rings is 1. The number of hydrogen-bond acceptors (Lipinski definition) is 6. The second kappa shape index (κ2) is 13.2. The number of nitrogens with zero attached hydrogens (tertiary/aromatic N) is 3. The van der Waals surface area contributed by atoms with E-state index in [4.69, 9.17) is 9.72 Å². The van der Waals surface area contributed by atoms with Crippen LogP contribution in [0.5, 0.6) is 0 Å². The van der Waals surface area contributed by atoms with Crippen LogP contribution < -0.4 is 5.32 Å². The molecule has 0 atom stereocenters. The predicted octanol–water partition coefficient (Wildman–Crippen LogP) is 5.16. The molecule has 0 radical (unpaired) electrons. The second-order valence-electron chi connectivity index (χ2n) is 10.3. The summed E-state index contributed by atoms with van der Waals surface area (Å²) in [6.45, 7) is 3.18. The number of hydrogen-bond donors (Lipinski definition) is 1. The zero-order chi connectivity index (χ0) is 27.9. The van der Waals surface area contributed by atoms with E-state index in [0.717, 1.165) is 42.3 Å². The molecule has 0 unspecified atom stereocenters. The molecule has 0 saturated carbocycles. The number of amides is 1. The average molecular weight is 557 g/mol. The number of methoxy groups -OCH3 is 1. The molecule has 2 heterocycles. The van der Waals surface area contributed by atoms with Crippen molar-refractivity contribution in [3.63, 3.8) is 0 Å². The number of carbonyl (C=O) groups excluding carboxylic acids is 2. The van der Waals surface area contributed by atoms with Crippen LogP contribution in [0.25, 0.3) is 10.8 Å². The maximum Gasteiger partial charge on any atom is 0.338 e. The molecule has 1 aromatic heterocycles. The fraction of sp³-hybridized carbons (Fsp3) is 0.344. The average Bonchev–Trinajstić information content (AvgIpc) is 3.37. The van der Waals surface area contributed by atoms with E-state index in [1.807, 2.05) is 18.2 Å². The Morgan fingerprint density at radius 2 is 1.73 bits per heavy atom. The lowest BCUT2D eigenvalue weighted by Gasteiger charge is -2.28. The quantitative estimate of drug-likeness (QED) is 0.215. The van der Waals surface area contributed by atoms with Crippen molar-refractivity contribution in [1.82, 2.24) is 19.8 Å². The lowest BCUT2D eigenvalue weighted by atomic mass is 9.96. The van der Waals surface area contributed by atoms with Gasteiger partial charge in [0, 0.05) is 30.8 Å². The van der Waals surface area contributed by atoms with Crippen molar-refractivity contribution in [2.45, 2.75) is 36.7 Å². The van der Waals surface area contributed by atoms with Crippen LogP contribution in [0.1, 0.15) is 40.0 Å². The van der Waals surface area contributed by atoms with Crippen LogP contribution in [0.4, 0.5) is 0 Å². The Morgan fingerprint density at radius 1 is 1.00 bits per heavy atom. The molecule has 5 rings (SSSR count). The molecule has 40 heavy (non-hydrogen) atoms. The Morgan fingerprint density at radius 3 is 2.55 bits per heavy atom. The molecule has 1 N–H and O–H groups in total. The zero-order valence-electron chi connectivity index (χ0n) is 23.1. The minimum absolute atomic E-state index is 0.0983. The number of rotatable bonds is 10. The zero-order valence-corrected chi connectivity index (χ0v) is 24.0. The Balaban J connectivity index is 1.33. The van der Waals surface area contributed by atoms with E-state index >= 15 is 0 Å². The van der Waals surface area contributed by atoms with E-state index in [2.05, 4.69) is 70.5 Å². The summed E-state index contributed by atoms with van der Waals surface area (Å²) in [6.07, 6.45) is 4.58. The smallest absolute Gasteiger partial charge is 0.338 e. The molecule has 1 fully saturated rings. The number of fused-ring (bicyclic) bond motifs is 1. The molecule has 0 aliphatic carbocycles. The van der Waals surface area contributed by atoms with Gasteiger partial charge in [0.15, 0.2) is 5.16 Å². The topological polar surface area (TPSA) is 76.5 Å². The third-order valence-electron chi connectivity index (χ3n) is 7.56. The predicted molar refractivity (Wildman–Crippen MR) is 160 cm³/mol. The van der Waals surface area contributed by atoms with Crippen LogP contribution in [0.3, 0.4) is 0 Å². The highest BCUT2D eigenvalue weighted by Gasteiger charge is 2.23. The maximum absolute atomic E-state index is 12.7. The maximum atomic E-state index is 12.7. The summed E-state index contributed by atoms with van der Waals surface area (Å²) in [5.41, 5.74) is 3.63. The van der Waals surface area contributed by atoms with Crippen molar-refractivity contribution in [2.75, 3.05) is 33.8 Å². The van der Waals surface area contributed by atoms with Gasteiger partial charge < -0.3 is 19.5 Å². The highest BCUT2D eigenvalue weighted by molar-refractivity contribution is 7.98. The van der Waals surface area contributed by atoms with E-state index in [0.29, 0.717) is 30.8 Å². The first-order chi connectivity index (χ1) is 19.5. The van der Waals surface area contributed by atoms with E-state index in [1.54, 1.807) is 17.8 Å². The number of benzene rings is 3. The summed E-state index contributed by atoms with van der Waals surface area (Å²) in [4.78, 5) is 32.2. The molecular weight excluding hydrogens is 520 g/mol.